The first-order valence-corrected chi connectivity index (χ1v) is 3.61. The lowest BCUT2D eigenvalue weighted by atomic mass is 10.3. The number of nitrogens with zero attached hydrogens (tertiary/aromatic N) is 2. The van der Waals surface area contributed by atoms with E-state index in [2.05, 4.69) is 5.10 Å². The Labute approximate surface area is 59.6 Å². The molecule has 0 aliphatic carbocycles. The van der Waals surface area contributed by atoms with Crippen LogP contribution >= 0.6 is 0 Å². The number of rotatable bonds is 0. The molecule has 0 N–H and O–H groups in total. The molecule has 0 radical (unpaired) electrons. The van der Waals surface area contributed by atoms with Gasteiger partial charge in [0.05, 0.1) is 12.8 Å². The molecule has 2 heterocycles. The second-order valence-corrected chi connectivity index (χ2v) is 2.45. The van der Waals surface area contributed by atoms with Crippen molar-refractivity contribution in [2.45, 2.75) is 19.4 Å². The number of hydrogen-bond acceptors (Lipinski definition) is 2. The highest BCUT2D eigenvalue weighted by molar-refractivity contribution is 5.07. The summed E-state index contributed by atoms with van der Waals surface area (Å²) in [6.45, 7) is 1.84. The van der Waals surface area contributed by atoms with Gasteiger partial charge in [0.25, 0.3) is 0 Å². The van der Waals surface area contributed by atoms with Crippen LogP contribution < -0.4 is 4.74 Å². The van der Waals surface area contributed by atoms with Gasteiger partial charge >= 0.3 is 0 Å². The van der Waals surface area contributed by atoms with Crippen LogP contribution in [0.4, 0.5) is 0 Å². The minimum Gasteiger partial charge on any atom is -0.478 e. The summed E-state index contributed by atoms with van der Waals surface area (Å²) in [6.07, 6.45) is 4.10. The summed E-state index contributed by atoms with van der Waals surface area (Å²) >= 11 is 0. The van der Waals surface area contributed by atoms with Gasteiger partial charge in [-0.15, -0.1) is 0 Å². The van der Waals surface area contributed by atoms with Crippen molar-refractivity contribution in [1.29, 1.82) is 0 Å². The van der Waals surface area contributed by atoms with E-state index in [1.54, 1.807) is 6.20 Å². The van der Waals surface area contributed by atoms with Gasteiger partial charge in [0.2, 0.25) is 5.88 Å². The Kier molecular flexibility index (Phi) is 1.34. The van der Waals surface area contributed by atoms with Crippen molar-refractivity contribution in [1.82, 2.24) is 9.78 Å². The first-order valence-electron chi connectivity index (χ1n) is 3.61. The van der Waals surface area contributed by atoms with Crippen molar-refractivity contribution in [3.63, 3.8) is 0 Å². The molecule has 0 saturated heterocycles. The normalized spacial score (nSPS) is 17.2. The highest BCUT2D eigenvalue weighted by atomic mass is 16.5. The minimum atomic E-state index is 0.839. The molecule has 1 aliphatic rings. The van der Waals surface area contributed by atoms with E-state index in [1.807, 2.05) is 10.7 Å². The third-order valence-corrected chi connectivity index (χ3v) is 1.69. The fraction of sp³-hybridized carbons (Fsp3) is 0.571. The average Bonchev–Trinajstić information content (AvgIpc) is 2.28. The SMILES string of the molecule is c1cc2n(n1)CCCCO2. The van der Waals surface area contributed by atoms with Crippen molar-refractivity contribution >= 4 is 0 Å². The molecule has 10 heavy (non-hydrogen) atoms. The first kappa shape index (κ1) is 5.77. The molecule has 3 heteroatoms. The van der Waals surface area contributed by atoms with Crippen molar-refractivity contribution in [3.05, 3.63) is 12.3 Å². The maximum atomic E-state index is 5.39. The van der Waals surface area contributed by atoms with Crippen molar-refractivity contribution < 1.29 is 4.74 Å². The summed E-state index contributed by atoms with van der Waals surface area (Å²) in [5.74, 6) is 0.914. The van der Waals surface area contributed by atoms with E-state index in [1.165, 1.54) is 6.42 Å². The quantitative estimate of drug-likeness (QED) is 0.536. The van der Waals surface area contributed by atoms with Gasteiger partial charge in [0.1, 0.15) is 0 Å². The number of hydrogen-bond donors (Lipinski definition) is 0. The van der Waals surface area contributed by atoms with Gasteiger partial charge in [-0.3, -0.25) is 0 Å². The third kappa shape index (κ3) is 0.875. The summed E-state index contributed by atoms with van der Waals surface area (Å²) < 4.78 is 7.30. The summed E-state index contributed by atoms with van der Waals surface area (Å²) in [6, 6.07) is 1.91. The van der Waals surface area contributed by atoms with E-state index in [9.17, 15) is 0 Å². The monoisotopic (exact) mass is 138 g/mol. The third-order valence-electron chi connectivity index (χ3n) is 1.69. The molecule has 1 aromatic heterocycles. The number of aryl methyl sites for hydroxylation is 1. The zero-order valence-corrected chi connectivity index (χ0v) is 5.79. The lowest BCUT2D eigenvalue weighted by Gasteiger charge is -2.00. The van der Waals surface area contributed by atoms with Crippen LogP contribution in [0.5, 0.6) is 5.88 Å². The van der Waals surface area contributed by atoms with Crippen LogP contribution in [0.25, 0.3) is 0 Å². The zero-order valence-electron chi connectivity index (χ0n) is 5.79. The Morgan fingerprint density at radius 3 is 3.50 bits per heavy atom. The standard InChI is InChI=1S/C7H10N2O/c1-2-6-10-7-3-4-8-9(7)5-1/h3-4H,1-2,5-6H2. The molecular formula is C7H10N2O. The van der Waals surface area contributed by atoms with Crippen molar-refractivity contribution in [2.75, 3.05) is 6.61 Å². The Morgan fingerprint density at radius 1 is 1.50 bits per heavy atom. The number of ether oxygens (including phenoxy) is 1. The fourth-order valence-corrected chi connectivity index (χ4v) is 1.15. The van der Waals surface area contributed by atoms with Crippen LogP contribution in [0.1, 0.15) is 12.8 Å². The van der Waals surface area contributed by atoms with E-state index in [0.717, 1.165) is 25.5 Å². The molecule has 0 atom stereocenters. The highest BCUT2D eigenvalue weighted by Gasteiger charge is 2.06. The number of fused-ring (bicyclic) bond motifs is 1. The molecule has 0 spiro atoms. The van der Waals surface area contributed by atoms with Gasteiger partial charge in [-0.25, -0.2) is 4.68 Å². The van der Waals surface area contributed by atoms with Gasteiger partial charge < -0.3 is 4.74 Å². The van der Waals surface area contributed by atoms with E-state index in [-0.39, 0.29) is 0 Å². The van der Waals surface area contributed by atoms with Crippen LogP contribution in [0, 0.1) is 0 Å². The molecular weight excluding hydrogens is 128 g/mol. The molecule has 0 amide bonds. The molecule has 54 valence electrons. The lowest BCUT2D eigenvalue weighted by Crippen LogP contribution is -1.98. The highest BCUT2D eigenvalue weighted by Crippen LogP contribution is 2.14. The largest absolute Gasteiger partial charge is 0.478 e. The molecule has 0 unspecified atom stereocenters. The molecule has 0 bridgehead atoms. The summed E-state index contributed by atoms with van der Waals surface area (Å²) in [7, 11) is 0. The maximum absolute atomic E-state index is 5.39. The van der Waals surface area contributed by atoms with Crippen molar-refractivity contribution in [2.24, 2.45) is 0 Å². The van der Waals surface area contributed by atoms with Gasteiger partial charge in [0, 0.05) is 12.6 Å². The topological polar surface area (TPSA) is 27.1 Å². The molecule has 1 aliphatic heterocycles. The van der Waals surface area contributed by atoms with Crippen LogP contribution in [0.15, 0.2) is 12.3 Å². The predicted octanol–water partition coefficient (Wildman–Crippen LogP) is 1.06. The molecule has 0 fully saturated rings. The first-order chi connectivity index (χ1) is 4.97. The lowest BCUT2D eigenvalue weighted by molar-refractivity contribution is 0.303. The summed E-state index contributed by atoms with van der Waals surface area (Å²) in [4.78, 5) is 0. The van der Waals surface area contributed by atoms with E-state index in [0.29, 0.717) is 0 Å². The summed E-state index contributed by atoms with van der Waals surface area (Å²) in [5.41, 5.74) is 0. The fourth-order valence-electron chi connectivity index (χ4n) is 1.15. The average molecular weight is 138 g/mol. The van der Waals surface area contributed by atoms with Crippen LogP contribution in [0.3, 0.4) is 0 Å². The second-order valence-electron chi connectivity index (χ2n) is 2.45. The van der Waals surface area contributed by atoms with Crippen molar-refractivity contribution in [3.8, 4) is 5.88 Å². The van der Waals surface area contributed by atoms with Crippen LogP contribution in [0.2, 0.25) is 0 Å². The minimum absolute atomic E-state index is 0.839. The van der Waals surface area contributed by atoms with Gasteiger partial charge in [-0.2, -0.15) is 5.10 Å². The molecule has 1 aromatic rings. The van der Waals surface area contributed by atoms with E-state index < -0.39 is 0 Å². The summed E-state index contributed by atoms with van der Waals surface area (Å²) in [5, 5.41) is 4.11. The van der Waals surface area contributed by atoms with E-state index in [4.69, 9.17) is 4.74 Å². The van der Waals surface area contributed by atoms with Gasteiger partial charge in [0.15, 0.2) is 0 Å². The maximum Gasteiger partial charge on any atom is 0.211 e. The zero-order chi connectivity index (χ0) is 6.81. The Balaban J connectivity index is 2.28. The molecule has 0 aromatic carbocycles. The molecule has 3 nitrogen and oxygen atoms in total. The number of aromatic nitrogens is 2. The predicted molar refractivity (Wildman–Crippen MR) is 37.0 cm³/mol. The molecule has 0 saturated carbocycles. The Bertz CT molecular complexity index is 199. The van der Waals surface area contributed by atoms with Gasteiger partial charge in [-0.1, -0.05) is 0 Å². The Morgan fingerprint density at radius 2 is 2.50 bits per heavy atom. The van der Waals surface area contributed by atoms with E-state index >= 15 is 0 Å². The van der Waals surface area contributed by atoms with Crippen LogP contribution in [-0.4, -0.2) is 16.4 Å². The second kappa shape index (κ2) is 2.33. The van der Waals surface area contributed by atoms with Crippen LogP contribution in [-0.2, 0) is 6.54 Å². The molecule has 2 rings (SSSR count). The Hall–Kier alpha value is -0.990. The van der Waals surface area contributed by atoms with Gasteiger partial charge in [-0.05, 0) is 12.8 Å². The smallest absolute Gasteiger partial charge is 0.211 e.